The summed E-state index contributed by atoms with van der Waals surface area (Å²) in [7, 11) is 1.53. The standard InChI is InChI=1S/C8H16O3S/c1-3-4-5-8(10-2)11-7(9)6-12/h8,12H,3-6H2,1-2H3. The number of esters is 1. The van der Waals surface area contributed by atoms with Gasteiger partial charge in [0.2, 0.25) is 6.29 Å². The minimum atomic E-state index is -0.399. The van der Waals surface area contributed by atoms with Crippen LogP contribution in [0, 0.1) is 0 Å². The normalized spacial score (nSPS) is 12.6. The largest absolute Gasteiger partial charge is 0.435 e. The minimum Gasteiger partial charge on any atom is -0.435 e. The van der Waals surface area contributed by atoms with Crippen LogP contribution in [-0.4, -0.2) is 25.1 Å². The third kappa shape index (κ3) is 5.43. The molecule has 0 spiro atoms. The van der Waals surface area contributed by atoms with Crippen LogP contribution in [0.4, 0.5) is 0 Å². The molecule has 0 aliphatic heterocycles. The third-order valence-electron chi connectivity index (χ3n) is 1.45. The molecular formula is C8H16O3S. The molecule has 0 saturated heterocycles. The monoisotopic (exact) mass is 192 g/mol. The number of unbranched alkanes of at least 4 members (excludes halogenated alkanes) is 1. The predicted molar refractivity (Wildman–Crippen MR) is 50.3 cm³/mol. The molecule has 72 valence electrons. The van der Waals surface area contributed by atoms with E-state index >= 15 is 0 Å². The van der Waals surface area contributed by atoms with Crippen molar-refractivity contribution in [3.8, 4) is 0 Å². The minimum absolute atomic E-state index is 0.103. The molecule has 0 radical (unpaired) electrons. The lowest BCUT2D eigenvalue weighted by Crippen LogP contribution is -2.20. The Morgan fingerprint density at radius 2 is 2.25 bits per heavy atom. The lowest BCUT2D eigenvalue weighted by Gasteiger charge is -2.14. The molecule has 0 saturated carbocycles. The fourth-order valence-electron chi connectivity index (χ4n) is 0.780. The number of ether oxygens (including phenoxy) is 2. The SMILES string of the molecule is CCCCC(OC)OC(=O)CS. The van der Waals surface area contributed by atoms with Crippen LogP contribution in [0.5, 0.6) is 0 Å². The van der Waals surface area contributed by atoms with Gasteiger partial charge < -0.3 is 9.47 Å². The summed E-state index contributed by atoms with van der Waals surface area (Å²) in [4.78, 5) is 10.8. The van der Waals surface area contributed by atoms with Crippen molar-refractivity contribution in [1.82, 2.24) is 0 Å². The van der Waals surface area contributed by atoms with E-state index in [0.717, 1.165) is 19.3 Å². The molecule has 0 aromatic carbocycles. The number of rotatable bonds is 6. The Labute approximate surface area is 78.8 Å². The van der Waals surface area contributed by atoms with Crippen LogP contribution in [-0.2, 0) is 14.3 Å². The highest BCUT2D eigenvalue weighted by molar-refractivity contribution is 7.81. The Hall–Kier alpha value is -0.220. The van der Waals surface area contributed by atoms with E-state index in [9.17, 15) is 4.79 Å². The summed E-state index contributed by atoms with van der Waals surface area (Å²) in [6, 6.07) is 0. The van der Waals surface area contributed by atoms with Crippen molar-refractivity contribution in [3.63, 3.8) is 0 Å². The second-order valence-electron chi connectivity index (χ2n) is 2.46. The second-order valence-corrected chi connectivity index (χ2v) is 2.77. The maximum atomic E-state index is 10.8. The Bertz CT molecular complexity index is 127. The van der Waals surface area contributed by atoms with Crippen molar-refractivity contribution in [2.45, 2.75) is 32.5 Å². The molecule has 0 aromatic rings. The van der Waals surface area contributed by atoms with Crippen molar-refractivity contribution in [2.75, 3.05) is 12.9 Å². The van der Waals surface area contributed by atoms with Crippen LogP contribution in [0.25, 0.3) is 0 Å². The molecule has 3 nitrogen and oxygen atoms in total. The summed E-state index contributed by atoms with van der Waals surface area (Å²) in [6.45, 7) is 2.08. The summed E-state index contributed by atoms with van der Waals surface area (Å²) < 4.78 is 9.86. The first kappa shape index (κ1) is 11.8. The van der Waals surface area contributed by atoms with Crippen molar-refractivity contribution >= 4 is 18.6 Å². The smallest absolute Gasteiger partial charge is 0.317 e. The number of hydrogen-bond acceptors (Lipinski definition) is 4. The van der Waals surface area contributed by atoms with E-state index in [0.29, 0.717) is 0 Å². The summed E-state index contributed by atoms with van der Waals surface area (Å²) in [5.74, 6) is -0.229. The van der Waals surface area contributed by atoms with E-state index < -0.39 is 6.29 Å². The summed E-state index contributed by atoms with van der Waals surface area (Å²) in [5, 5.41) is 0. The highest BCUT2D eigenvalue weighted by Crippen LogP contribution is 2.05. The van der Waals surface area contributed by atoms with Gasteiger partial charge in [-0.1, -0.05) is 13.3 Å². The van der Waals surface area contributed by atoms with Crippen LogP contribution in [0.1, 0.15) is 26.2 Å². The molecule has 0 N–H and O–H groups in total. The zero-order valence-electron chi connectivity index (χ0n) is 7.58. The van der Waals surface area contributed by atoms with Crippen molar-refractivity contribution in [3.05, 3.63) is 0 Å². The van der Waals surface area contributed by atoms with Gasteiger partial charge in [-0.15, -0.1) is 0 Å². The molecule has 0 aliphatic rings. The van der Waals surface area contributed by atoms with Gasteiger partial charge in [0.1, 0.15) is 0 Å². The van der Waals surface area contributed by atoms with Gasteiger partial charge in [0.05, 0.1) is 5.75 Å². The average molecular weight is 192 g/mol. The molecule has 0 fully saturated rings. The van der Waals surface area contributed by atoms with Gasteiger partial charge in [-0.2, -0.15) is 12.6 Å². The Morgan fingerprint density at radius 3 is 2.67 bits per heavy atom. The van der Waals surface area contributed by atoms with Gasteiger partial charge >= 0.3 is 5.97 Å². The van der Waals surface area contributed by atoms with E-state index in [2.05, 4.69) is 19.6 Å². The number of hydrogen-bond donors (Lipinski definition) is 1. The van der Waals surface area contributed by atoms with Crippen molar-refractivity contribution in [1.29, 1.82) is 0 Å². The van der Waals surface area contributed by atoms with E-state index in [-0.39, 0.29) is 11.7 Å². The first-order valence-corrected chi connectivity index (χ1v) is 4.71. The highest BCUT2D eigenvalue weighted by atomic mass is 32.1. The molecule has 0 heterocycles. The van der Waals surface area contributed by atoms with Gasteiger partial charge in [0.25, 0.3) is 0 Å². The first-order valence-electron chi connectivity index (χ1n) is 4.07. The molecule has 0 amide bonds. The van der Waals surface area contributed by atoms with Crippen LogP contribution in [0.15, 0.2) is 0 Å². The van der Waals surface area contributed by atoms with Gasteiger partial charge in [-0.3, -0.25) is 4.79 Å². The molecule has 12 heavy (non-hydrogen) atoms. The molecule has 0 aliphatic carbocycles. The van der Waals surface area contributed by atoms with E-state index in [4.69, 9.17) is 9.47 Å². The molecule has 0 rings (SSSR count). The van der Waals surface area contributed by atoms with Crippen LogP contribution >= 0.6 is 12.6 Å². The number of carbonyl (C=O) groups is 1. The predicted octanol–water partition coefficient (Wildman–Crippen LogP) is 1.62. The first-order chi connectivity index (χ1) is 5.74. The summed E-state index contributed by atoms with van der Waals surface area (Å²) >= 11 is 3.79. The van der Waals surface area contributed by atoms with Crippen LogP contribution in [0.3, 0.4) is 0 Å². The fraction of sp³-hybridized carbons (Fsp3) is 0.875. The lowest BCUT2D eigenvalue weighted by atomic mass is 10.2. The van der Waals surface area contributed by atoms with Crippen LogP contribution < -0.4 is 0 Å². The second kappa shape index (κ2) is 7.43. The maximum Gasteiger partial charge on any atom is 0.317 e. The zero-order chi connectivity index (χ0) is 9.40. The molecule has 1 atom stereocenters. The lowest BCUT2D eigenvalue weighted by molar-refractivity contribution is -0.171. The Balaban J connectivity index is 3.59. The maximum absolute atomic E-state index is 10.8. The molecule has 1 unspecified atom stereocenters. The number of methoxy groups -OCH3 is 1. The molecular weight excluding hydrogens is 176 g/mol. The quantitative estimate of drug-likeness (QED) is 0.394. The topological polar surface area (TPSA) is 35.5 Å². The van der Waals surface area contributed by atoms with E-state index in [1.807, 2.05) is 0 Å². The van der Waals surface area contributed by atoms with Gasteiger partial charge in [-0.25, -0.2) is 0 Å². The summed E-state index contributed by atoms with van der Waals surface area (Å²) in [5.41, 5.74) is 0. The van der Waals surface area contributed by atoms with Gasteiger partial charge in [-0.05, 0) is 6.42 Å². The van der Waals surface area contributed by atoms with Crippen LogP contribution in [0.2, 0.25) is 0 Å². The molecule has 4 heteroatoms. The zero-order valence-corrected chi connectivity index (χ0v) is 8.47. The fourth-order valence-corrected chi connectivity index (χ4v) is 0.854. The Morgan fingerprint density at radius 1 is 1.58 bits per heavy atom. The highest BCUT2D eigenvalue weighted by Gasteiger charge is 2.10. The Kier molecular flexibility index (Phi) is 7.29. The van der Waals surface area contributed by atoms with Crippen molar-refractivity contribution in [2.24, 2.45) is 0 Å². The number of thiol groups is 1. The molecule has 0 bridgehead atoms. The summed E-state index contributed by atoms with van der Waals surface area (Å²) in [6.07, 6.45) is 2.42. The number of carbonyl (C=O) groups excluding carboxylic acids is 1. The third-order valence-corrected chi connectivity index (χ3v) is 1.71. The van der Waals surface area contributed by atoms with Gasteiger partial charge in [0.15, 0.2) is 0 Å². The van der Waals surface area contributed by atoms with E-state index in [1.54, 1.807) is 0 Å². The molecule has 0 aromatic heterocycles. The van der Waals surface area contributed by atoms with E-state index in [1.165, 1.54) is 7.11 Å². The van der Waals surface area contributed by atoms with Gasteiger partial charge in [0, 0.05) is 13.5 Å². The average Bonchev–Trinajstić information content (AvgIpc) is 2.11. The van der Waals surface area contributed by atoms with Crippen molar-refractivity contribution < 1.29 is 14.3 Å².